The SMILES string of the molecule is Fc1ccc(-n2c3ccccc3c3cc(N(C4=CC5=CC=CC6=CC=CC(=C4)C65)c4ccc(-c5ccc(N(c6cc7c8c(cccc8c6)CC=C7)c6ccc7c(c6)c6ccccc6n7-c6ccc(F)cc6)cc5)cc4)ccc32)cc1. The predicted octanol–water partition coefficient (Wildman–Crippen LogP) is 19.6. The van der Waals surface area contributed by atoms with Gasteiger partial charge in [0.15, 0.2) is 0 Å². The molecule has 0 fully saturated rings. The first kappa shape index (κ1) is 45.9. The summed E-state index contributed by atoms with van der Waals surface area (Å²) in [7, 11) is 0. The van der Waals surface area contributed by atoms with Crippen molar-refractivity contribution in [1.82, 2.24) is 9.13 Å². The molecule has 0 saturated heterocycles. The number of para-hydroxylation sites is 2. The van der Waals surface area contributed by atoms with Crippen LogP contribution in [0.1, 0.15) is 11.1 Å². The van der Waals surface area contributed by atoms with Crippen LogP contribution in [0.25, 0.3) is 83.0 Å². The van der Waals surface area contributed by atoms with E-state index in [1.165, 1.54) is 62.9 Å². The summed E-state index contributed by atoms with van der Waals surface area (Å²) in [5, 5.41) is 7.01. The van der Waals surface area contributed by atoms with Gasteiger partial charge in [-0.3, -0.25) is 0 Å². The molecule has 0 amide bonds. The second kappa shape index (κ2) is 18.2. The number of hydrogen-bond donors (Lipinski definition) is 0. The molecule has 6 heteroatoms. The van der Waals surface area contributed by atoms with Crippen LogP contribution >= 0.6 is 0 Å². The number of aromatic nitrogens is 2. The smallest absolute Gasteiger partial charge is 0.123 e. The average Bonchev–Trinajstić information content (AvgIpc) is 4.07. The number of nitrogens with zero attached hydrogens (tertiary/aromatic N) is 4. The molecule has 1 unspecified atom stereocenters. The summed E-state index contributed by atoms with van der Waals surface area (Å²) in [5.74, 6) is -0.302. The molecular formula is C74H48F2N4. The Morgan fingerprint density at radius 3 is 1.56 bits per heavy atom. The van der Waals surface area contributed by atoms with Crippen LogP contribution in [0.3, 0.4) is 0 Å². The van der Waals surface area contributed by atoms with E-state index < -0.39 is 0 Å². The van der Waals surface area contributed by atoms with E-state index in [1.54, 1.807) is 0 Å². The summed E-state index contributed by atoms with van der Waals surface area (Å²) in [6.45, 7) is 0. The minimum absolute atomic E-state index is 0.212. The van der Waals surface area contributed by atoms with Gasteiger partial charge in [0.25, 0.3) is 0 Å². The summed E-state index contributed by atoms with van der Waals surface area (Å²) in [6, 6.07) is 73.1. The largest absolute Gasteiger partial charge is 0.310 e. The third-order valence-electron chi connectivity index (χ3n) is 16.6. The molecule has 0 N–H and O–H groups in total. The Morgan fingerprint density at radius 2 is 0.938 bits per heavy atom. The average molecular weight is 1030 g/mol. The predicted molar refractivity (Wildman–Crippen MR) is 328 cm³/mol. The highest BCUT2D eigenvalue weighted by Gasteiger charge is 2.30. The van der Waals surface area contributed by atoms with Crippen LogP contribution in [0.4, 0.5) is 37.2 Å². The summed E-state index contributed by atoms with van der Waals surface area (Å²) in [5.41, 5.74) is 21.0. The van der Waals surface area contributed by atoms with Crippen LogP contribution in [0.5, 0.6) is 0 Å². The Balaban J connectivity index is 0.804. The number of hydrogen-bond acceptors (Lipinski definition) is 2. The molecule has 10 aromatic carbocycles. The van der Waals surface area contributed by atoms with Crippen LogP contribution in [-0.2, 0) is 6.42 Å². The lowest BCUT2D eigenvalue weighted by atomic mass is 9.75. The maximum Gasteiger partial charge on any atom is 0.123 e. The molecule has 0 bridgehead atoms. The van der Waals surface area contributed by atoms with E-state index in [0.29, 0.717) is 0 Å². The fraction of sp³-hybridized carbons (Fsp3) is 0.0270. The molecule has 0 spiro atoms. The summed E-state index contributed by atoms with van der Waals surface area (Å²) >= 11 is 0. The number of halogens is 2. The summed E-state index contributed by atoms with van der Waals surface area (Å²) < 4.78 is 32.9. The van der Waals surface area contributed by atoms with E-state index in [9.17, 15) is 8.78 Å². The lowest BCUT2D eigenvalue weighted by Crippen LogP contribution is -2.22. The first-order valence-electron chi connectivity index (χ1n) is 27.3. The minimum Gasteiger partial charge on any atom is -0.310 e. The Labute approximate surface area is 461 Å². The van der Waals surface area contributed by atoms with Crippen LogP contribution in [-0.4, -0.2) is 9.13 Å². The molecule has 378 valence electrons. The monoisotopic (exact) mass is 1030 g/mol. The molecule has 2 aromatic heterocycles. The van der Waals surface area contributed by atoms with Crippen molar-refractivity contribution in [3.8, 4) is 22.5 Å². The van der Waals surface area contributed by atoms with Gasteiger partial charge in [0, 0.05) is 73.0 Å². The zero-order chi connectivity index (χ0) is 53.0. The molecule has 4 aliphatic rings. The molecule has 2 heterocycles. The summed E-state index contributed by atoms with van der Waals surface area (Å²) in [4.78, 5) is 4.76. The van der Waals surface area contributed by atoms with Gasteiger partial charge in [-0.15, -0.1) is 0 Å². The van der Waals surface area contributed by atoms with Crippen molar-refractivity contribution < 1.29 is 8.78 Å². The number of fused-ring (bicyclic) bond motifs is 6. The van der Waals surface area contributed by atoms with Crippen molar-refractivity contribution in [3.63, 3.8) is 0 Å². The van der Waals surface area contributed by atoms with Gasteiger partial charge in [0.05, 0.1) is 22.1 Å². The maximum atomic E-state index is 14.2. The molecule has 4 nitrogen and oxygen atoms in total. The number of allylic oxidation sites excluding steroid dienone is 12. The van der Waals surface area contributed by atoms with E-state index >= 15 is 0 Å². The van der Waals surface area contributed by atoms with Gasteiger partial charge in [-0.2, -0.15) is 0 Å². The number of anilines is 5. The zero-order valence-electron chi connectivity index (χ0n) is 43.3. The quantitative estimate of drug-likeness (QED) is 0.143. The lowest BCUT2D eigenvalue weighted by molar-refractivity contribution is 0.627. The Bertz CT molecular complexity index is 4790. The standard InChI is InChI=1S/C74H48F2N4/c75-55-25-33-59(34-26-55)79-69-19-3-1-17-65(69)67-45-61(37-39-71(67)79)77(63-41-51-13-5-9-49-10-6-14-52(42-63)73(49)51)57-29-21-47(22-30-57)48-23-31-58(32-24-48)78(64-43-53-15-7-11-50-12-8-16-54(44-64)74(50)53)62-38-40-72-68(46-62)66-18-2-4-20-70(66)80(72)60-35-27-56(76)28-36-60/h1-11,13-46,73H,12H2. The van der Waals surface area contributed by atoms with Gasteiger partial charge in [-0.1, -0.05) is 127 Å². The second-order valence-corrected chi connectivity index (χ2v) is 21.2. The molecule has 4 aliphatic carbocycles. The van der Waals surface area contributed by atoms with Crippen molar-refractivity contribution >= 4 is 88.9 Å². The van der Waals surface area contributed by atoms with Gasteiger partial charge >= 0.3 is 0 Å². The van der Waals surface area contributed by atoms with Gasteiger partial charge in [-0.25, -0.2) is 8.78 Å². The molecule has 0 aliphatic heterocycles. The Kier molecular flexibility index (Phi) is 10.4. The van der Waals surface area contributed by atoms with E-state index in [-0.39, 0.29) is 17.6 Å². The first-order chi connectivity index (χ1) is 39.5. The third kappa shape index (κ3) is 7.40. The van der Waals surface area contributed by atoms with Gasteiger partial charge in [-0.05, 0) is 202 Å². The van der Waals surface area contributed by atoms with E-state index in [4.69, 9.17) is 0 Å². The number of benzene rings is 10. The lowest BCUT2D eigenvalue weighted by Gasteiger charge is -2.34. The molecule has 0 radical (unpaired) electrons. The van der Waals surface area contributed by atoms with Crippen LogP contribution in [0.2, 0.25) is 0 Å². The van der Waals surface area contributed by atoms with Crippen LogP contribution in [0, 0.1) is 17.6 Å². The van der Waals surface area contributed by atoms with Gasteiger partial charge in [0.1, 0.15) is 11.6 Å². The normalized spacial score (nSPS) is 15.1. The minimum atomic E-state index is -0.257. The molecule has 0 saturated carbocycles. The first-order valence-corrected chi connectivity index (χ1v) is 27.3. The molecule has 16 rings (SSSR count). The molecule has 12 aromatic rings. The maximum absolute atomic E-state index is 14.2. The van der Waals surface area contributed by atoms with E-state index in [2.05, 4.69) is 243 Å². The Hall–Kier alpha value is -10.3. The fourth-order valence-corrected chi connectivity index (χ4v) is 13.0. The van der Waals surface area contributed by atoms with Gasteiger partial charge in [0.2, 0.25) is 0 Å². The summed E-state index contributed by atoms with van der Waals surface area (Å²) in [6.07, 6.45) is 23.4. The van der Waals surface area contributed by atoms with Crippen molar-refractivity contribution in [1.29, 1.82) is 0 Å². The topological polar surface area (TPSA) is 16.3 Å². The van der Waals surface area contributed by atoms with E-state index in [0.717, 1.165) is 107 Å². The van der Waals surface area contributed by atoms with Crippen molar-refractivity contribution in [3.05, 3.63) is 312 Å². The van der Waals surface area contributed by atoms with E-state index in [1.807, 2.05) is 24.3 Å². The van der Waals surface area contributed by atoms with Crippen LogP contribution in [0.15, 0.2) is 289 Å². The fourth-order valence-electron chi connectivity index (χ4n) is 13.0. The zero-order valence-corrected chi connectivity index (χ0v) is 43.3. The molecular weight excluding hydrogens is 983 g/mol. The van der Waals surface area contributed by atoms with Crippen LogP contribution < -0.4 is 9.80 Å². The highest BCUT2D eigenvalue weighted by Crippen LogP contribution is 2.47. The molecule has 1 atom stereocenters. The van der Waals surface area contributed by atoms with Gasteiger partial charge < -0.3 is 18.9 Å². The van der Waals surface area contributed by atoms with Crippen molar-refractivity contribution in [2.24, 2.45) is 5.92 Å². The molecule has 80 heavy (non-hydrogen) atoms. The highest BCUT2D eigenvalue weighted by molar-refractivity contribution is 6.12. The third-order valence-corrected chi connectivity index (χ3v) is 16.6. The van der Waals surface area contributed by atoms with Crippen molar-refractivity contribution in [2.75, 3.05) is 9.80 Å². The highest BCUT2D eigenvalue weighted by atomic mass is 19.1. The van der Waals surface area contributed by atoms with Crippen molar-refractivity contribution in [2.45, 2.75) is 6.42 Å². The second-order valence-electron chi connectivity index (χ2n) is 21.2. The Morgan fingerprint density at radius 1 is 0.400 bits per heavy atom. The number of rotatable bonds is 9.